The molecule has 292 valence electrons. The Hall–Kier alpha value is -8.06. The summed E-state index contributed by atoms with van der Waals surface area (Å²) in [4.78, 5) is 2.27. The van der Waals surface area contributed by atoms with Crippen LogP contribution in [-0.2, 0) is 5.41 Å². The van der Waals surface area contributed by atoms with Gasteiger partial charge in [0.2, 0.25) is 0 Å². The van der Waals surface area contributed by atoms with Crippen LogP contribution in [0.3, 0.4) is 0 Å². The predicted octanol–water partition coefficient (Wildman–Crippen LogP) is 15.1. The summed E-state index contributed by atoms with van der Waals surface area (Å²) in [6.45, 7) is 4.72. The van der Waals surface area contributed by atoms with E-state index in [2.05, 4.69) is 252 Å². The molecule has 0 spiro atoms. The van der Waals surface area contributed by atoms with Crippen molar-refractivity contribution < 1.29 is 0 Å². The third-order valence-electron chi connectivity index (χ3n) is 12.9. The van der Waals surface area contributed by atoms with Gasteiger partial charge in [-0.25, -0.2) is 0 Å². The Labute approximate surface area is 361 Å². The van der Waals surface area contributed by atoms with E-state index in [0.717, 1.165) is 39.6 Å². The van der Waals surface area contributed by atoms with Gasteiger partial charge < -0.3 is 14.0 Å². The summed E-state index contributed by atoms with van der Waals surface area (Å²) in [7, 11) is 0. The molecule has 0 aliphatic heterocycles. The highest BCUT2D eigenvalue weighted by atomic mass is 15.1. The highest BCUT2D eigenvalue weighted by molar-refractivity contribution is 6.13. The zero-order valence-electron chi connectivity index (χ0n) is 34.5. The lowest BCUT2D eigenvalue weighted by atomic mass is 9.81. The molecule has 9 aromatic carbocycles. The molecule has 1 aliphatic rings. The van der Waals surface area contributed by atoms with Gasteiger partial charge in [-0.15, -0.1) is 0 Å². The molecule has 3 nitrogen and oxygen atoms in total. The lowest BCUT2D eigenvalue weighted by Crippen LogP contribution is -2.15. The van der Waals surface area contributed by atoms with E-state index >= 15 is 0 Å². The van der Waals surface area contributed by atoms with Crippen molar-refractivity contribution in [2.75, 3.05) is 4.90 Å². The van der Waals surface area contributed by atoms with E-state index in [1.165, 1.54) is 65.9 Å². The molecule has 11 aromatic rings. The van der Waals surface area contributed by atoms with Crippen molar-refractivity contribution in [2.45, 2.75) is 19.3 Å². The zero-order chi connectivity index (χ0) is 41.4. The molecule has 2 heterocycles. The Morgan fingerprint density at radius 1 is 0.355 bits per heavy atom. The van der Waals surface area contributed by atoms with Crippen molar-refractivity contribution >= 4 is 60.7 Å². The van der Waals surface area contributed by atoms with Crippen LogP contribution in [0.2, 0.25) is 0 Å². The quantitative estimate of drug-likeness (QED) is 0.158. The Bertz CT molecular complexity index is 3540. The van der Waals surface area contributed by atoms with Gasteiger partial charge in [-0.05, 0) is 138 Å². The summed E-state index contributed by atoms with van der Waals surface area (Å²) in [5, 5.41) is 5.02. The van der Waals surface area contributed by atoms with Crippen LogP contribution in [0.25, 0.3) is 66.1 Å². The molecular formula is C59H41N3. The largest absolute Gasteiger partial charge is 0.311 e. The van der Waals surface area contributed by atoms with Crippen molar-refractivity contribution in [3.8, 4) is 34.3 Å². The van der Waals surface area contributed by atoms with Crippen LogP contribution in [0.4, 0.5) is 17.1 Å². The van der Waals surface area contributed by atoms with Gasteiger partial charge in [-0.2, -0.15) is 0 Å². The number of anilines is 3. The van der Waals surface area contributed by atoms with Crippen LogP contribution < -0.4 is 4.90 Å². The van der Waals surface area contributed by atoms with Crippen LogP contribution in [0.15, 0.2) is 212 Å². The molecule has 12 rings (SSSR count). The SMILES string of the molecule is CC1(C)c2cc(C#Cc3ccc(N(c4ccccc4)c4ccccc4)cc3)ccc2-c2cc3c(cc21)c1ccccc1n3-c1ccc2c(c1)c1ccccc1n2-c1ccccc1. The van der Waals surface area contributed by atoms with Crippen molar-refractivity contribution in [3.63, 3.8) is 0 Å². The normalized spacial score (nSPS) is 12.7. The Morgan fingerprint density at radius 3 is 1.52 bits per heavy atom. The van der Waals surface area contributed by atoms with E-state index in [4.69, 9.17) is 0 Å². The number of rotatable bonds is 5. The number of nitrogens with zero attached hydrogens (tertiary/aromatic N) is 3. The molecular weight excluding hydrogens is 751 g/mol. The minimum atomic E-state index is -0.197. The molecule has 2 aromatic heterocycles. The van der Waals surface area contributed by atoms with Crippen molar-refractivity contribution in [2.24, 2.45) is 0 Å². The van der Waals surface area contributed by atoms with Crippen molar-refractivity contribution in [3.05, 3.63) is 235 Å². The van der Waals surface area contributed by atoms with Crippen LogP contribution in [0.5, 0.6) is 0 Å². The smallest absolute Gasteiger partial charge is 0.0547 e. The van der Waals surface area contributed by atoms with Gasteiger partial charge >= 0.3 is 0 Å². The first-order valence-electron chi connectivity index (χ1n) is 21.4. The molecule has 0 amide bonds. The molecule has 0 radical (unpaired) electrons. The van der Waals surface area contributed by atoms with Gasteiger partial charge in [0.15, 0.2) is 0 Å². The van der Waals surface area contributed by atoms with Crippen LogP contribution in [0.1, 0.15) is 36.1 Å². The fraction of sp³-hybridized carbons (Fsp3) is 0.0508. The summed E-state index contributed by atoms with van der Waals surface area (Å²) >= 11 is 0. The molecule has 1 aliphatic carbocycles. The second-order valence-corrected chi connectivity index (χ2v) is 16.8. The highest BCUT2D eigenvalue weighted by Crippen LogP contribution is 2.51. The minimum Gasteiger partial charge on any atom is -0.311 e. The first-order chi connectivity index (χ1) is 30.5. The number of hydrogen-bond acceptors (Lipinski definition) is 1. The summed E-state index contributed by atoms with van der Waals surface area (Å²) < 4.78 is 4.85. The van der Waals surface area contributed by atoms with Gasteiger partial charge in [-0.1, -0.05) is 123 Å². The maximum Gasteiger partial charge on any atom is 0.0547 e. The van der Waals surface area contributed by atoms with Gasteiger partial charge in [-0.3, -0.25) is 0 Å². The number of aromatic nitrogens is 2. The van der Waals surface area contributed by atoms with Crippen LogP contribution in [0, 0.1) is 11.8 Å². The number of hydrogen-bond donors (Lipinski definition) is 0. The Morgan fingerprint density at radius 2 is 0.855 bits per heavy atom. The number of fused-ring (bicyclic) bond motifs is 9. The van der Waals surface area contributed by atoms with Gasteiger partial charge in [0.05, 0.1) is 22.1 Å². The third-order valence-corrected chi connectivity index (χ3v) is 12.9. The molecule has 0 fully saturated rings. The Kier molecular flexibility index (Phi) is 8.10. The lowest BCUT2D eigenvalue weighted by Gasteiger charge is -2.25. The summed E-state index contributed by atoms with van der Waals surface area (Å²) in [5.74, 6) is 7.00. The molecule has 0 unspecified atom stereocenters. The average molecular weight is 792 g/mol. The predicted molar refractivity (Wildman–Crippen MR) is 260 cm³/mol. The summed E-state index contributed by atoms with van der Waals surface area (Å²) in [6, 6.07) is 76.5. The van der Waals surface area contributed by atoms with E-state index in [1.54, 1.807) is 0 Å². The van der Waals surface area contributed by atoms with Crippen molar-refractivity contribution in [1.82, 2.24) is 9.13 Å². The minimum absolute atomic E-state index is 0.197. The maximum atomic E-state index is 3.52. The second-order valence-electron chi connectivity index (χ2n) is 16.8. The van der Waals surface area contributed by atoms with E-state index in [1.807, 2.05) is 0 Å². The second kappa shape index (κ2) is 14.0. The Balaban J connectivity index is 0.931. The molecule has 0 atom stereocenters. The van der Waals surface area contributed by atoms with Gasteiger partial charge in [0.25, 0.3) is 0 Å². The molecule has 0 N–H and O–H groups in total. The fourth-order valence-corrected chi connectivity index (χ4v) is 9.95. The van der Waals surface area contributed by atoms with Gasteiger partial charge in [0, 0.05) is 66.5 Å². The van der Waals surface area contributed by atoms with E-state index in [9.17, 15) is 0 Å². The van der Waals surface area contributed by atoms with Crippen molar-refractivity contribution in [1.29, 1.82) is 0 Å². The third kappa shape index (κ3) is 5.61. The molecule has 62 heavy (non-hydrogen) atoms. The first-order valence-corrected chi connectivity index (χ1v) is 21.4. The lowest BCUT2D eigenvalue weighted by molar-refractivity contribution is 0.661. The average Bonchev–Trinajstić information content (AvgIpc) is 3.91. The molecule has 0 bridgehead atoms. The molecule has 0 saturated carbocycles. The zero-order valence-corrected chi connectivity index (χ0v) is 34.5. The van der Waals surface area contributed by atoms with Crippen LogP contribution >= 0.6 is 0 Å². The van der Waals surface area contributed by atoms with Gasteiger partial charge in [0.1, 0.15) is 0 Å². The monoisotopic (exact) mass is 791 g/mol. The molecule has 3 heteroatoms. The molecule has 0 saturated heterocycles. The standard InChI is InChI=1S/C59H41N3/c1-59(2)53-36-41(27-26-40-28-31-45(32-29-40)60(42-16-6-3-7-17-42)43-18-8-4-9-19-43)30-34-47(53)50-39-58-52(38-54(50)59)49-23-13-15-25-56(49)62(58)46-33-35-57-51(37-46)48-22-12-14-24-55(48)61(57)44-20-10-5-11-21-44/h3-25,28-39H,1-2H3. The number of para-hydroxylation sites is 5. The maximum absolute atomic E-state index is 3.52. The summed E-state index contributed by atoms with van der Waals surface area (Å²) in [6.07, 6.45) is 0. The fourth-order valence-electron chi connectivity index (χ4n) is 9.95. The first kappa shape index (κ1) is 35.8. The van der Waals surface area contributed by atoms with E-state index in [-0.39, 0.29) is 5.41 Å². The van der Waals surface area contributed by atoms with E-state index in [0.29, 0.717) is 0 Å². The number of benzene rings is 9. The van der Waals surface area contributed by atoms with E-state index < -0.39 is 0 Å². The van der Waals surface area contributed by atoms with Crippen LogP contribution in [-0.4, -0.2) is 9.13 Å². The highest BCUT2D eigenvalue weighted by Gasteiger charge is 2.36. The summed E-state index contributed by atoms with van der Waals surface area (Å²) in [5.41, 5.74) is 17.5. The topological polar surface area (TPSA) is 13.1 Å².